The Morgan fingerprint density at radius 1 is 1.26 bits per heavy atom. The van der Waals surface area contributed by atoms with E-state index in [0.29, 0.717) is 16.5 Å². The molecule has 1 N–H and O–H groups in total. The lowest BCUT2D eigenvalue weighted by Gasteiger charge is -2.23. The van der Waals surface area contributed by atoms with E-state index in [1.54, 1.807) is 22.7 Å². The molecule has 0 spiro atoms. The molecule has 0 unspecified atom stereocenters. The highest BCUT2D eigenvalue weighted by atomic mass is 32.2. The molecule has 3 rings (SSSR count). The Kier molecular flexibility index (Phi) is 4.73. The van der Waals surface area contributed by atoms with Crippen LogP contribution in [0.3, 0.4) is 0 Å². The van der Waals surface area contributed by atoms with Crippen molar-refractivity contribution >= 4 is 40.6 Å². The van der Waals surface area contributed by atoms with Crippen LogP contribution in [-0.2, 0) is 4.79 Å². The molecule has 2 heterocycles. The van der Waals surface area contributed by atoms with Crippen LogP contribution < -0.4 is 5.32 Å². The average Bonchev–Trinajstić information content (AvgIpc) is 3.20. The van der Waals surface area contributed by atoms with Gasteiger partial charge in [-0.05, 0) is 36.9 Å². The number of hydrogen-bond acceptors (Lipinski definition) is 4. The van der Waals surface area contributed by atoms with E-state index >= 15 is 0 Å². The normalized spacial score (nSPS) is 17.3. The fourth-order valence-corrected chi connectivity index (χ4v) is 4.40. The zero-order valence-electron chi connectivity index (χ0n) is 13.0. The smallest absolute Gasteiger partial charge is 0.265 e. The van der Waals surface area contributed by atoms with Crippen molar-refractivity contribution < 1.29 is 9.59 Å². The van der Waals surface area contributed by atoms with Crippen LogP contribution in [-0.4, -0.2) is 34.4 Å². The molecule has 1 aliphatic rings. The maximum absolute atomic E-state index is 12.6. The van der Waals surface area contributed by atoms with Crippen molar-refractivity contribution in [3.63, 3.8) is 0 Å². The van der Waals surface area contributed by atoms with Crippen LogP contribution in [0.4, 0.5) is 5.69 Å². The Balaban J connectivity index is 1.74. The van der Waals surface area contributed by atoms with E-state index in [-0.39, 0.29) is 11.8 Å². The highest BCUT2D eigenvalue weighted by Gasteiger charge is 2.35. The molecule has 1 fully saturated rings. The molecule has 1 atom stereocenters. The molecule has 1 aliphatic heterocycles. The number of carbonyl (C=O) groups is 2. The Bertz CT molecular complexity index is 728. The first-order chi connectivity index (χ1) is 11.1. The number of thiophene rings is 1. The number of hydrogen-bond donors (Lipinski definition) is 1. The van der Waals surface area contributed by atoms with Crippen LogP contribution >= 0.6 is 23.1 Å². The first-order valence-corrected chi connectivity index (χ1v) is 9.40. The summed E-state index contributed by atoms with van der Waals surface area (Å²) in [6, 6.07) is 9.15. The topological polar surface area (TPSA) is 49.4 Å². The minimum atomic E-state index is -0.421. The summed E-state index contributed by atoms with van der Waals surface area (Å²) in [7, 11) is 0. The van der Waals surface area contributed by atoms with Crippen molar-refractivity contribution in [2.24, 2.45) is 0 Å². The molecular formula is C17H18N2O2S2. The monoisotopic (exact) mass is 346 g/mol. The summed E-state index contributed by atoms with van der Waals surface area (Å²) < 4.78 is 0. The molecule has 2 amide bonds. The molecule has 23 heavy (non-hydrogen) atoms. The van der Waals surface area contributed by atoms with Gasteiger partial charge in [0.1, 0.15) is 6.04 Å². The lowest BCUT2D eigenvalue weighted by molar-refractivity contribution is -0.119. The molecule has 120 valence electrons. The van der Waals surface area contributed by atoms with Gasteiger partial charge in [0, 0.05) is 11.4 Å². The summed E-state index contributed by atoms with van der Waals surface area (Å²) in [6.07, 6.45) is 0. The molecule has 2 aromatic rings. The number of benzene rings is 1. The van der Waals surface area contributed by atoms with Crippen LogP contribution in [0.2, 0.25) is 0 Å². The number of aryl methyl sites for hydroxylation is 2. The van der Waals surface area contributed by atoms with Crippen molar-refractivity contribution in [1.82, 2.24) is 4.90 Å². The van der Waals surface area contributed by atoms with Crippen molar-refractivity contribution in [3.8, 4) is 0 Å². The predicted octanol–water partition coefficient (Wildman–Crippen LogP) is 3.52. The molecule has 4 nitrogen and oxygen atoms in total. The van der Waals surface area contributed by atoms with E-state index in [1.165, 1.54) is 11.3 Å². The first kappa shape index (κ1) is 16.1. The Labute approximate surface area is 143 Å². The highest BCUT2D eigenvalue weighted by Crippen LogP contribution is 2.26. The van der Waals surface area contributed by atoms with E-state index < -0.39 is 6.04 Å². The number of carbonyl (C=O) groups excluding carboxylic acids is 2. The molecule has 0 saturated carbocycles. The van der Waals surface area contributed by atoms with Crippen LogP contribution in [0.25, 0.3) is 0 Å². The van der Waals surface area contributed by atoms with E-state index in [2.05, 4.69) is 5.32 Å². The van der Waals surface area contributed by atoms with Crippen LogP contribution in [0.5, 0.6) is 0 Å². The fraction of sp³-hybridized carbons (Fsp3) is 0.294. The summed E-state index contributed by atoms with van der Waals surface area (Å²) in [5.74, 6) is 1.01. The third-order valence-electron chi connectivity index (χ3n) is 3.82. The van der Waals surface area contributed by atoms with Gasteiger partial charge in [0.05, 0.1) is 10.8 Å². The summed E-state index contributed by atoms with van der Waals surface area (Å²) >= 11 is 3.02. The van der Waals surface area contributed by atoms with E-state index in [4.69, 9.17) is 0 Å². The first-order valence-electron chi connectivity index (χ1n) is 7.36. The Morgan fingerprint density at radius 2 is 2.09 bits per heavy atom. The lowest BCUT2D eigenvalue weighted by atomic mass is 10.1. The molecule has 1 saturated heterocycles. The largest absolute Gasteiger partial charge is 0.324 e. The SMILES string of the molecule is Cc1ccc(NC(=O)[C@@H]2CSCN2C(=O)c2cccs2)c(C)c1. The number of nitrogens with zero attached hydrogens (tertiary/aromatic N) is 1. The maximum atomic E-state index is 12.6. The Hall–Kier alpha value is -1.79. The van der Waals surface area contributed by atoms with Crippen molar-refractivity contribution in [1.29, 1.82) is 0 Å². The summed E-state index contributed by atoms with van der Waals surface area (Å²) in [5, 5.41) is 4.84. The van der Waals surface area contributed by atoms with Gasteiger partial charge in [-0.15, -0.1) is 23.1 Å². The standard InChI is InChI=1S/C17H18N2O2S2/c1-11-5-6-13(12(2)8-11)18-16(20)14-9-22-10-19(14)17(21)15-4-3-7-23-15/h3-8,14H,9-10H2,1-2H3,(H,18,20)/t14-/m0/s1. The van der Waals surface area contributed by atoms with Crippen LogP contribution in [0.1, 0.15) is 20.8 Å². The molecule has 6 heteroatoms. The third-order valence-corrected chi connectivity index (χ3v) is 5.69. The molecular weight excluding hydrogens is 328 g/mol. The van der Waals surface area contributed by atoms with Gasteiger partial charge in [-0.1, -0.05) is 23.8 Å². The third kappa shape index (κ3) is 3.43. The summed E-state index contributed by atoms with van der Waals surface area (Å²) in [6.45, 7) is 3.99. The maximum Gasteiger partial charge on any atom is 0.265 e. The predicted molar refractivity (Wildman–Crippen MR) is 96.1 cm³/mol. The van der Waals surface area contributed by atoms with E-state index in [9.17, 15) is 9.59 Å². The second kappa shape index (κ2) is 6.76. The van der Waals surface area contributed by atoms with Crippen molar-refractivity contribution in [2.45, 2.75) is 19.9 Å². The summed E-state index contributed by atoms with van der Waals surface area (Å²) in [4.78, 5) is 27.5. The highest BCUT2D eigenvalue weighted by molar-refractivity contribution is 7.99. The number of amides is 2. The number of anilines is 1. The van der Waals surface area contributed by atoms with Gasteiger partial charge >= 0.3 is 0 Å². The molecule has 0 radical (unpaired) electrons. The van der Waals surface area contributed by atoms with Gasteiger partial charge in [0.25, 0.3) is 5.91 Å². The van der Waals surface area contributed by atoms with Gasteiger partial charge < -0.3 is 10.2 Å². The van der Waals surface area contributed by atoms with Gasteiger partial charge in [-0.2, -0.15) is 0 Å². The second-order valence-corrected chi connectivity index (χ2v) is 7.52. The molecule has 0 bridgehead atoms. The quantitative estimate of drug-likeness (QED) is 0.925. The van der Waals surface area contributed by atoms with Crippen molar-refractivity contribution in [3.05, 3.63) is 51.7 Å². The summed E-state index contributed by atoms with van der Waals surface area (Å²) in [5.41, 5.74) is 2.99. The van der Waals surface area contributed by atoms with Gasteiger partial charge in [0.2, 0.25) is 5.91 Å². The molecule has 1 aromatic carbocycles. The Morgan fingerprint density at radius 3 is 2.78 bits per heavy atom. The number of rotatable bonds is 3. The number of nitrogens with one attached hydrogen (secondary N) is 1. The number of thioether (sulfide) groups is 1. The lowest BCUT2D eigenvalue weighted by Crippen LogP contribution is -2.44. The van der Waals surface area contributed by atoms with Crippen LogP contribution in [0, 0.1) is 13.8 Å². The second-order valence-electron chi connectivity index (χ2n) is 5.58. The van der Waals surface area contributed by atoms with E-state index in [0.717, 1.165) is 16.8 Å². The fourth-order valence-electron chi connectivity index (χ4n) is 2.57. The van der Waals surface area contributed by atoms with Gasteiger partial charge in [0.15, 0.2) is 0 Å². The molecule has 0 aliphatic carbocycles. The van der Waals surface area contributed by atoms with Crippen LogP contribution in [0.15, 0.2) is 35.7 Å². The zero-order valence-corrected chi connectivity index (χ0v) is 14.7. The average molecular weight is 346 g/mol. The van der Waals surface area contributed by atoms with E-state index in [1.807, 2.05) is 43.5 Å². The molecule has 1 aromatic heterocycles. The minimum absolute atomic E-state index is 0.0641. The zero-order chi connectivity index (χ0) is 16.4. The van der Waals surface area contributed by atoms with Gasteiger partial charge in [-0.25, -0.2) is 0 Å². The van der Waals surface area contributed by atoms with Gasteiger partial charge in [-0.3, -0.25) is 9.59 Å². The van der Waals surface area contributed by atoms with Crippen molar-refractivity contribution in [2.75, 3.05) is 16.9 Å². The minimum Gasteiger partial charge on any atom is -0.324 e.